The van der Waals surface area contributed by atoms with E-state index in [4.69, 9.17) is 16.9 Å². The molecule has 1 aromatic rings. The Morgan fingerprint density at radius 2 is 2.31 bits per heavy atom. The van der Waals surface area contributed by atoms with Crippen LogP contribution in [0.3, 0.4) is 0 Å². The smallest absolute Gasteiger partial charge is 0.176 e. The van der Waals surface area contributed by atoms with Crippen LogP contribution in [0.2, 0.25) is 5.02 Å². The first-order chi connectivity index (χ1) is 6.15. The predicted octanol–water partition coefficient (Wildman–Crippen LogP) is 2.36. The number of nitrogens with one attached hydrogen (secondary N) is 1. The van der Waals surface area contributed by atoms with Crippen LogP contribution in [-0.2, 0) is 6.54 Å². The molecule has 0 aliphatic rings. The SMILES string of the molecule is Cc1cc(Cl)c(CNC#N)cc1F. The standard InChI is InChI=1S/C9H8ClFN2/c1-6-2-8(10)7(3-9(6)11)4-13-5-12/h2-3,13H,4H2,1H3. The van der Waals surface area contributed by atoms with E-state index in [1.807, 2.05) is 0 Å². The van der Waals surface area contributed by atoms with Gasteiger partial charge >= 0.3 is 0 Å². The lowest BCUT2D eigenvalue weighted by atomic mass is 10.1. The summed E-state index contributed by atoms with van der Waals surface area (Å²) < 4.78 is 13.0. The Labute approximate surface area is 80.9 Å². The minimum absolute atomic E-state index is 0.256. The van der Waals surface area contributed by atoms with E-state index >= 15 is 0 Å². The number of nitrogens with zero attached hydrogens (tertiary/aromatic N) is 1. The maximum absolute atomic E-state index is 13.0. The summed E-state index contributed by atoms with van der Waals surface area (Å²) in [6.45, 7) is 1.90. The highest BCUT2D eigenvalue weighted by Gasteiger charge is 2.04. The molecule has 0 heterocycles. The molecule has 1 rings (SSSR count). The quantitative estimate of drug-likeness (QED) is 0.585. The van der Waals surface area contributed by atoms with Gasteiger partial charge in [-0.15, -0.1) is 0 Å². The molecule has 0 atom stereocenters. The van der Waals surface area contributed by atoms with Gasteiger partial charge in [-0.25, -0.2) is 4.39 Å². The summed E-state index contributed by atoms with van der Waals surface area (Å²) in [6.07, 6.45) is 1.75. The Morgan fingerprint density at radius 3 is 2.92 bits per heavy atom. The van der Waals surface area contributed by atoms with E-state index in [9.17, 15) is 4.39 Å². The summed E-state index contributed by atoms with van der Waals surface area (Å²) in [5.74, 6) is -0.306. The second-order valence-corrected chi connectivity index (χ2v) is 3.07. The molecule has 0 amide bonds. The van der Waals surface area contributed by atoms with Gasteiger partial charge in [-0.2, -0.15) is 5.26 Å². The van der Waals surface area contributed by atoms with Crippen molar-refractivity contribution in [1.82, 2.24) is 5.32 Å². The fraction of sp³-hybridized carbons (Fsp3) is 0.222. The van der Waals surface area contributed by atoms with E-state index in [0.717, 1.165) is 0 Å². The van der Waals surface area contributed by atoms with Crippen molar-refractivity contribution in [2.24, 2.45) is 0 Å². The Balaban J connectivity index is 2.96. The van der Waals surface area contributed by atoms with Crippen molar-refractivity contribution >= 4 is 11.6 Å². The van der Waals surface area contributed by atoms with E-state index in [0.29, 0.717) is 16.1 Å². The molecule has 2 nitrogen and oxygen atoms in total. The van der Waals surface area contributed by atoms with Crippen molar-refractivity contribution < 1.29 is 4.39 Å². The minimum atomic E-state index is -0.306. The molecule has 0 aliphatic carbocycles. The number of aryl methyl sites for hydroxylation is 1. The molecule has 0 radical (unpaired) electrons. The number of hydrogen-bond acceptors (Lipinski definition) is 2. The Hall–Kier alpha value is -1.27. The fourth-order valence-electron chi connectivity index (χ4n) is 0.958. The highest BCUT2D eigenvalue weighted by molar-refractivity contribution is 6.31. The predicted molar refractivity (Wildman–Crippen MR) is 48.6 cm³/mol. The molecule has 1 aromatic carbocycles. The van der Waals surface area contributed by atoms with Crippen LogP contribution in [0.5, 0.6) is 0 Å². The van der Waals surface area contributed by atoms with E-state index in [2.05, 4.69) is 5.32 Å². The fourth-order valence-corrected chi connectivity index (χ4v) is 1.24. The van der Waals surface area contributed by atoms with Crippen molar-refractivity contribution in [3.8, 4) is 6.19 Å². The molecule has 0 aromatic heterocycles. The average molecular weight is 199 g/mol. The van der Waals surface area contributed by atoms with E-state index in [-0.39, 0.29) is 12.4 Å². The first kappa shape index (κ1) is 9.82. The van der Waals surface area contributed by atoms with Crippen LogP contribution < -0.4 is 5.32 Å². The zero-order chi connectivity index (χ0) is 9.84. The first-order valence-electron chi connectivity index (χ1n) is 3.71. The third-order valence-electron chi connectivity index (χ3n) is 1.69. The zero-order valence-electron chi connectivity index (χ0n) is 7.06. The summed E-state index contributed by atoms with van der Waals surface area (Å²) in [4.78, 5) is 0. The molecule has 0 spiro atoms. The number of hydrogen-bond donors (Lipinski definition) is 1. The van der Waals surface area contributed by atoms with Crippen LogP contribution in [-0.4, -0.2) is 0 Å². The third kappa shape index (κ3) is 2.33. The molecule has 1 N–H and O–H groups in total. The van der Waals surface area contributed by atoms with Crippen LogP contribution in [0.25, 0.3) is 0 Å². The third-order valence-corrected chi connectivity index (χ3v) is 2.04. The van der Waals surface area contributed by atoms with Crippen LogP contribution >= 0.6 is 11.6 Å². The molecule has 0 saturated carbocycles. The van der Waals surface area contributed by atoms with Gasteiger partial charge in [0.05, 0.1) is 6.54 Å². The van der Waals surface area contributed by atoms with Crippen molar-refractivity contribution in [3.63, 3.8) is 0 Å². The van der Waals surface area contributed by atoms with Crippen molar-refractivity contribution in [1.29, 1.82) is 5.26 Å². The molecular weight excluding hydrogens is 191 g/mol. The number of rotatable bonds is 2. The molecule has 68 valence electrons. The van der Waals surface area contributed by atoms with Gasteiger partial charge in [0, 0.05) is 5.02 Å². The lowest BCUT2D eigenvalue weighted by molar-refractivity contribution is 0.615. The van der Waals surface area contributed by atoms with Gasteiger partial charge in [-0.05, 0) is 30.2 Å². The van der Waals surface area contributed by atoms with Crippen molar-refractivity contribution in [2.75, 3.05) is 0 Å². The topological polar surface area (TPSA) is 35.8 Å². The highest BCUT2D eigenvalue weighted by Crippen LogP contribution is 2.19. The lowest BCUT2D eigenvalue weighted by Gasteiger charge is -2.04. The second kappa shape index (κ2) is 4.11. The van der Waals surface area contributed by atoms with E-state index in [1.165, 1.54) is 6.07 Å². The lowest BCUT2D eigenvalue weighted by Crippen LogP contribution is -2.05. The van der Waals surface area contributed by atoms with Gasteiger partial charge in [-0.1, -0.05) is 11.6 Å². The van der Waals surface area contributed by atoms with Crippen LogP contribution in [0.15, 0.2) is 12.1 Å². The van der Waals surface area contributed by atoms with Crippen LogP contribution in [0.1, 0.15) is 11.1 Å². The highest BCUT2D eigenvalue weighted by atomic mass is 35.5. The number of nitriles is 1. The normalized spacial score (nSPS) is 9.38. The molecule has 13 heavy (non-hydrogen) atoms. The van der Waals surface area contributed by atoms with Gasteiger partial charge in [0.2, 0.25) is 0 Å². The molecule has 0 unspecified atom stereocenters. The first-order valence-corrected chi connectivity index (χ1v) is 4.09. The largest absolute Gasteiger partial charge is 0.319 e. The molecule has 0 bridgehead atoms. The zero-order valence-corrected chi connectivity index (χ0v) is 7.82. The Morgan fingerprint density at radius 1 is 1.62 bits per heavy atom. The molecule has 0 fully saturated rings. The van der Waals surface area contributed by atoms with Gasteiger partial charge in [0.15, 0.2) is 6.19 Å². The number of halogens is 2. The Bertz CT molecular complexity index is 357. The molecule has 4 heteroatoms. The average Bonchev–Trinajstić information content (AvgIpc) is 2.09. The molecule has 0 aliphatic heterocycles. The Kier molecular flexibility index (Phi) is 3.10. The summed E-state index contributed by atoms with van der Waals surface area (Å²) in [5.41, 5.74) is 1.09. The maximum Gasteiger partial charge on any atom is 0.176 e. The summed E-state index contributed by atoms with van der Waals surface area (Å²) in [6, 6.07) is 2.88. The summed E-state index contributed by atoms with van der Waals surface area (Å²) in [7, 11) is 0. The monoisotopic (exact) mass is 198 g/mol. The molecule has 0 saturated heterocycles. The van der Waals surface area contributed by atoms with E-state index < -0.39 is 0 Å². The summed E-state index contributed by atoms with van der Waals surface area (Å²) in [5, 5.41) is 11.1. The second-order valence-electron chi connectivity index (χ2n) is 2.66. The van der Waals surface area contributed by atoms with Gasteiger partial charge in [0.1, 0.15) is 5.82 Å². The minimum Gasteiger partial charge on any atom is -0.319 e. The van der Waals surface area contributed by atoms with Gasteiger partial charge < -0.3 is 5.32 Å². The summed E-state index contributed by atoms with van der Waals surface area (Å²) >= 11 is 5.82. The maximum atomic E-state index is 13.0. The number of benzene rings is 1. The van der Waals surface area contributed by atoms with Crippen LogP contribution in [0, 0.1) is 24.2 Å². The molecular formula is C9H8ClFN2. The van der Waals surface area contributed by atoms with E-state index in [1.54, 1.807) is 19.2 Å². The van der Waals surface area contributed by atoms with Gasteiger partial charge in [0.25, 0.3) is 0 Å². The van der Waals surface area contributed by atoms with Crippen molar-refractivity contribution in [2.45, 2.75) is 13.5 Å². The van der Waals surface area contributed by atoms with Crippen molar-refractivity contribution in [3.05, 3.63) is 34.1 Å². The van der Waals surface area contributed by atoms with Crippen LogP contribution in [0.4, 0.5) is 4.39 Å². The van der Waals surface area contributed by atoms with Gasteiger partial charge in [-0.3, -0.25) is 0 Å².